The number of halogens is 8. The molecular weight excluding hydrogens is 545 g/mol. The van der Waals surface area contributed by atoms with Crippen molar-refractivity contribution in [2.75, 3.05) is 0 Å². The highest BCUT2D eigenvalue weighted by atomic mass is 35.5. The second-order valence-electron chi connectivity index (χ2n) is 7.85. The maximum atomic E-state index is 13.1. The second kappa shape index (κ2) is 9.72. The molecule has 0 spiro atoms. The molecule has 0 radical (unpaired) electrons. The van der Waals surface area contributed by atoms with Crippen molar-refractivity contribution in [3.8, 4) is 45.3 Å². The van der Waals surface area contributed by atoms with Crippen LogP contribution in [0.15, 0.2) is 72.8 Å². The summed E-state index contributed by atoms with van der Waals surface area (Å²) in [6.07, 6.45) is -9.25. The first-order valence-electron chi connectivity index (χ1n) is 10.3. The highest BCUT2D eigenvalue weighted by molar-refractivity contribution is 6.34. The van der Waals surface area contributed by atoms with E-state index >= 15 is 0 Å². The van der Waals surface area contributed by atoms with Gasteiger partial charge in [0.1, 0.15) is 23.0 Å². The number of alkyl halides is 6. The fourth-order valence-electron chi connectivity index (χ4n) is 3.57. The maximum Gasteiger partial charge on any atom is 0.416 e. The third-order valence-electron chi connectivity index (χ3n) is 5.32. The van der Waals surface area contributed by atoms with Crippen LogP contribution in [0, 0.1) is 0 Å². The molecule has 3 nitrogen and oxygen atoms in total. The summed E-state index contributed by atoms with van der Waals surface area (Å²) in [7, 11) is 0. The van der Waals surface area contributed by atoms with Crippen LogP contribution in [0.5, 0.6) is 23.0 Å². The molecule has 0 unspecified atom stereocenters. The van der Waals surface area contributed by atoms with Gasteiger partial charge in [0, 0.05) is 32.3 Å². The van der Waals surface area contributed by atoms with E-state index < -0.39 is 23.5 Å². The first-order valence-corrected chi connectivity index (χ1v) is 11.1. The predicted molar refractivity (Wildman–Crippen MR) is 127 cm³/mol. The van der Waals surface area contributed by atoms with Crippen LogP contribution in [0.25, 0.3) is 22.3 Å². The van der Waals surface area contributed by atoms with E-state index in [1.165, 1.54) is 36.4 Å². The zero-order valence-corrected chi connectivity index (χ0v) is 19.8. The lowest BCUT2D eigenvalue weighted by Crippen LogP contribution is -2.04. The SMILES string of the molecule is Oc1ccc(Oc2ccc(O)cc2-c2ccc(C(F)(F)F)cc2Cl)c(-c2ccc(C(F)(F)F)cc2Cl)c1. The molecule has 0 aliphatic rings. The van der Waals surface area contributed by atoms with Gasteiger partial charge in [-0.05, 0) is 60.7 Å². The Kier molecular flexibility index (Phi) is 6.96. The zero-order chi connectivity index (χ0) is 27.1. The molecule has 37 heavy (non-hydrogen) atoms. The molecule has 0 fully saturated rings. The molecule has 4 aromatic rings. The highest BCUT2D eigenvalue weighted by Gasteiger charge is 2.32. The van der Waals surface area contributed by atoms with E-state index in [4.69, 9.17) is 27.9 Å². The minimum absolute atomic E-state index is 0.0504. The van der Waals surface area contributed by atoms with Gasteiger partial charge >= 0.3 is 12.4 Å². The molecule has 4 aromatic carbocycles. The van der Waals surface area contributed by atoms with Gasteiger partial charge in [0.05, 0.1) is 11.1 Å². The largest absolute Gasteiger partial charge is 0.508 e. The minimum Gasteiger partial charge on any atom is -0.508 e. The topological polar surface area (TPSA) is 49.7 Å². The molecule has 2 N–H and O–H groups in total. The van der Waals surface area contributed by atoms with Gasteiger partial charge < -0.3 is 14.9 Å². The van der Waals surface area contributed by atoms with E-state index in [1.807, 2.05) is 0 Å². The Labute approximate surface area is 216 Å². The summed E-state index contributed by atoms with van der Waals surface area (Å²) in [5, 5.41) is 19.5. The standard InChI is InChI=1S/C26H14Cl2F6O3/c27-21-9-13(25(29,30)31)1-5-17(21)19-11-15(35)3-7-23(19)37-24-8-4-16(36)12-20(24)18-6-2-14(10-22(18)28)26(32,33)34/h1-12,35-36H. The van der Waals surface area contributed by atoms with E-state index in [0.717, 1.165) is 36.4 Å². The van der Waals surface area contributed by atoms with Crippen molar-refractivity contribution in [3.63, 3.8) is 0 Å². The van der Waals surface area contributed by atoms with Crippen LogP contribution in [0.1, 0.15) is 11.1 Å². The van der Waals surface area contributed by atoms with Crippen molar-refractivity contribution in [1.29, 1.82) is 0 Å². The molecular formula is C26H14Cl2F6O3. The van der Waals surface area contributed by atoms with Gasteiger partial charge in [-0.1, -0.05) is 35.3 Å². The Bertz CT molecular complexity index is 1370. The van der Waals surface area contributed by atoms with E-state index in [1.54, 1.807) is 0 Å². The normalized spacial score (nSPS) is 12.0. The number of aromatic hydroxyl groups is 2. The number of hydrogen-bond acceptors (Lipinski definition) is 3. The van der Waals surface area contributed by atoms with Crippen LogP contribution in [0.2, 0.25) is 10.0 Å². The monoisotopic (exact) mass is 558 g/mol. The fourth-order valence-corrected chi connectivity index (χ4v) is 4.14. The molecule has 0 aromatic heterocycles. The van der Waals surface area contributed by atoms with E-state index in [2.05, 4.69) is 0 Å². The molecule has 0 saturated carbocycles. The minimum atomic E-state index is -4.62. The van der Waals surface area contributed by atoms with Crippen molar-refractivity contribution >= 4 is 23.2 Å². The first-order chi connectivity index (χ1) is 17.2. The molecule has 4 rings (SSSR count). The Morgan fingerprint density at radius 2 is 0.892 bits per heavy atom. The number of rotatable bonds is 4. The number of ether oxygens (including phenoxy) is 1. The van der Waals surface area contributed by atoms with Crippen molar-refractivity contribution < 1.29 is 41.3 Å². The molecule has 0 aliphatic heterocycles. The Hall–Kier alpha value is -3.56. The second-order valence-corrected chi connectivity index (χ2v) is 8.66. The van der Waals surface area contributed by atoms with Gasteiger partial charge in [-0.2, -0.15) is 26.3 Å². The van der Waals surface area contributed by atoms with E-state index in [-0.39, 0.29) is 55.3 Å². The molecule has 0 amide bonds. The van der Waals surface area contributed by atoms with E-state index in [9.17, 15) is 36.6 Å². The van der Waals surface area contributed by atoms with Gasteiger partial charge in [0.15, 0.2) is 0 Å². The lowest BCUT2D eigenvalue weighted by Gasteiger charge is -2.17. The summed E-state index contributed by atoms with van der Waals surface area (Å²) >= 11 is 12.3. The molecule has 0 aliphatic carbocycles. The smallest absolute Gasteiger partial charge is 0.416 e. The Morgan fingerprint density at radius 1 is 0.514 bits per heavy atom. The molecule has 0 saturated heterocycles. The lowest BCUT2D eigenvalue weighted by atomic mass is 10.0. The van der Waals surface area contributed by atoms with Crippen LogP contribution in [0.3, 0.4) is 0 Å². The molecule has 0 atom stereocenters. The van der Waals surface area contributed by atoms with Gasteiger partial charge in [0.2, 0.25) is 0 Å². The van der Waals surface area contributed by atoms with Gasteiger partial charge in [-0.3, -0.25) is 0 Å². The van der Waals surface area contributed by atoms with Gasteiger partial charge in [-0.25, -0.2) is 0 Å². The fraction of sp³-hybridized carbons (Fsp3) is 0.0769. The van der Waals surface area contributed by atoms with Crippen molar-refractivity contribution in [2.24, 2.45) is 0 Å². The van der Waals surface area contributed by atoms with Crippen LogP contribution in [-0.4, -0.2) is 10.2 Å². The van der Waals surface area contributed by atoms with Crippen molar-refractivity contribution in [1.82, 2.24) is 0 Å². The molecule has 0 bridgehead atoms. The summed E-state index contributed by atoms with van der Waals surface area (Å²) in [6, 6.07) is 13.0. The summed E-state index contributed by atoms with van der Waals surface area (Å²) < 4.78 is 84.4. The van der Waals surface area contributed by atoms with Crippen LogP contribution in [-0.2, 0) is 12.4 Å². The first kappa shape index (κ1) is 26.5. The van der Waals surface area contributed by atoms with E-state index in [0.29, 0.717) is 0 Å². The Balaban J connectivity index is 1.81. The average molecular weight is 559 g/mol. The Morgan fingerprint density at radius 3 is 1.22 bits per heavy atom. The zero-order valence-electron chi connectivity index (χ0n) is 18.3. The maximum absolute atomic E-state index is 13.1. The summed E-state index contributed by atoms with van der Waals surface area (Å²) in [4.78, 5) is 0. The van der Waals surface area contributed by atoms with Crippen LogP contribution in [0.4, 0.5) is 26.3 Å². The average Bonchev–Trinajstić information content (AvgIpc) is 2.80. The third kappa shape index (κ3) is 5.73. The van der Waals surface area contributed by atoms with Crippen LogP contribution < -0.4 is 4.74 Å². The molecule has 0 heterocycles. The van der Waals surface area contributed by atoms with Gasteiger partial charge in [0.25, 0.3) is 0 Å². The lowest BCUT2D eigenvalue weighted by molar-refractivity contribution is -0.138. The predicted octanol–water partition coefficient (Wildman–Crippen LogP) is 9.57. The van der Waals surface area contributed by atoms with Gasteiger partial charge in [-0.15, -0.1) is 0 Å². The summed E-state index contributed by atoms with van der Waals surface area (Å²) in [5.74, 6) is -0.353. The van der Waals surface area contributed by atoms with Crippen molar-refractivity contribution in [2.45, 2.75) is 12.4 Å². The number of phenolic OH excluding ortho intramolecular Hbond substituents is 2. The number of benzene rings is 4. The highest BCUT2D eigenvalue weighted by Crippen LogP contribution is 2.45. The number of hydrogen-bond donors (Lipinski definition) is 2. The summed E-state index contributed by atoms with van der Waals surface area (Å²) in [5.41, 5.74) is -1.43. The quantitative estimate of drug-likeness (QED) is 0.245. The number of phenols is 2. The molecule has 192 valence electrons. The third-order valence-corrected chi connectivity index (χ3v) is 5.94. The molecule has 11 heteroatoms. The van der Waals surface area contributed by atoms with Crippen molar-refractivity contribution in [3.05, 3.63) is 94.0 Å². The van der Waals surface area contributed by atoms with Crippen LogP contribution >= 0.6 is 23.2 Å². The summed E-state index contributed by atoms with van der Waals surface area (Å²) in [6.45, 7) is 0.